The fraction of sp³-hybridized carbons (Fsp3) is 0.190. The predicted octanol–water partition coefficient (Wildman–Crippen LogP) is 5.13. The number of benzene rings is 2. The molecule has 1 aliphatic heterocycles. The average Bonchev–Trinajstić information content (AvgIpc) is 3.23. The minimum atomic E-state index is 0.479. The molecule has 0 bridgehead atoms. The van der Waals surface area contributed by atoms with E-state index in [0.717, 1.165) is 23.3 Å². The average molecular weight is 363 g/mol. The molecule has 0 radical (unpaired) electrons. The molecule has 3 heterocycles. The van der Waals surface area contributed by atoms with Gasteiger partial charge in [0, 0.05) is 28.4 Å². The third kappa shape index (κ3) is 2.10. The van der Waals surface area contributed by atoms with Crippen molar-refractivity contribution in [1.29, 1.82) is 0 Å². The van der Waals surface area contributed by atoms with Crippen LogP contribution in [-0.4, -0.2) is 24.1 Å². The highest BCUT2D eigenvalue weighted by Gasteiger charge is 2.25. The van der Waals surface area contributed by atoms with Crippen LogP contribution < -0.4 is 9.47 Å². The molecule has 0 spiro atoms. The standard InChI is InChI=1S/C21H17NO3S/c1-2-22-16-6-4-3-5-14(16)15-11-13(7-8-17(15)22)21-20-19(18(12-23)26-21)24-9-10-25-20/h3-8,11-12H,2,9-10H2,1H3. The molecule has 0 saturated carbocycles. The van der Waals surface area contributed by atoms with E-state index in [1.807, 2.05) is 0 Å². The van der Waals surface area contributed by atoms with Crippen LogP contribution in [0.3, 0.4) is 0 Å². The molecule has 2 aromatic carbocycles. The number of aldehydes is 1. The van der Waals surface area contributed by atoms with Crippen LogP contribution in [-0.2, 0) is 6.54 Å². The van der Waals surface area contributed by atoms with Crippen molar-refractivity contribution < 1.29 is 14.3 Å². The number of carbonyl (C=O) groups excluding carboxylic acids is 1. The summed E-state index contributed by atoms with van der Waals surface area (Å²) in [6.07, 6.45) is 0.850. The Kier molecular flexibility index (Phi) is 3.50. The molecule has 2 aromatic heterocycles. The highest BCUT2D eigenvalue weighted by atomic mass is 32.1. The summed E-state index contributed by atoms with van der Waals surface area (Å²) in [5.74, 6) is 1.28. The van der Waals surface area contributed by atoms with E-state index in [0.29, 0.717) is 29.6 Å². The van der Waals surface area contributed by atoms with Crippen LogP contribution in [0.1, 0.15) is 16.6 Å². The fourth-order valence-corrected chi connectivity index (χ4v) is 4.78. The van der Waals surface area contributed by atoms with Gasteiger partial charge in [-0.25, -0.2) is 0 Å². The Morgan fingerprint density at radius 1 is 1.04 bits per heavy atom. The van der Waals surface area contributed by atoms with E-state index >= 15 is 0 Å². The Balaban J connectivity index is 1.78. The van der Waals surface area contributed by atoms with Gasteiger partial charge in [0.2, 0.25) is 0 Å². The summed E-state index contributed by atoms with van der Waals surface area (Å²) < 4.78 is 13.8. The molecule has 4 nitrogen and oxygen atoms in total. The minimum Gasteiger partial charge on any atom is -0.485 e. The summed E-state index contributed by atoms with van der Waals surface area (Å²) >= 11 is 1.43. The number of para-hydroxylation sites is 1. The van der Waals surface area contributed by atoms with E-state index < -0.39 is 0 Å². The number of rotatable bonds is 3. The van der Waals surface area contributed by atoms with Crippen LogP contribution in [0.4, 0.5) is 0 Å². The quantitative estimate of drug-likeness (QED) is 0.474. The number of aromatic nitrogens is 1. The second kappa shape index (κ2) is 5.88. The molecule has 4 aromatic rings. The Bertz CT molecular complexity index is 1160. The van der Waals surface area contributed by atoms with Gasteiger partial charge < -0.3 is 14.0 Å². The van der Waals surface area contributed by atoms with Crippen LogP contribution >= 0.6 is 11.3 Å². The van der Waals surface area contributed by atoms with Crippen molar-refractivity contribution in [2.24, 2.45) is 0 Å². The summed E-state index contributed by atoms with van der Waals surface area (Å²) in [6, 6.07) is 14.9. The summed E-state index contributed by atoms with van der Waals surface area (Å²) in [5, 5.41) is 2.45. The molecule has 0 atom stereocenters. The molecule has 5 rings (SSSR count). The number of fused-ring (bicyclic) bond motifs is 4. The zero-order chi connectivity index (χ0) is 17.7. The maximum absolute atomic E-state index is 11.4. The normalized spacial score (nSPS) is 13.4. The number of hydrogen-bond acceptors (Lipinski definition) is 4. The van der Waals surface area contributed by atoms with Crippen molar-refractivity contribution >= 4 is 39.4 Å². The lowest BCUT2D eigenvalue weighted by molar-refractivity contribution is 0.111. The van der Waals surface area contributed by atoms with Crippen LogP contribution in [0, 0.1) is 0 Å². The maximum Gasteiger partial charge on any atom is 0.183 e. The van der Waals surface area contributed by atoms with Gasteiger partial charge in [0.05, 0.1) is 4.88 Å². The van der Waals surface area contributed by atoms with Crippen molar-refractivity contribution in [2.75, 3.05) is 13.2 Å². The van der Waals surface area contributed by atoms with E-state index in [1.54, 1.807) is 0 Å². The number of ether oxygens (including phenoxy) is 2. The van der Waals surface area contributed by atoms with E-state index in [1.165, 1.54) is 33.1 Å². The van der Waals surface area contributed by atoms with Crippen LogP contribution in [0.2, 0.25) is 0 Å². The Labute approximate surface area is 154 Å². The highest BCUT2D eigenvalue weighted by molar-refractivity contribution is 7.18. The summed E-state index contributed by atoms with van der Waals surface area (Å²) in [6.45, 7) is 4.07. The molecular weight excluding hydrogens is 346 g/mol. The zero-order valence-electron chi connectivity index (χ0n) is 14.3. The van der Waals surface area contributed by atoms with Gasteiger partial charge in [0.1, 0.15) is 18.1 Å². The van der Waals surface area contributed by atoms with Gasteiger partial charge in [0.15, 0.2) is 17.8 Å². The largest absolute Gasteiger partial charge is 0.485 e. The smallest absolute Gasteiger partial charge is 0.183 e. The van der Waals surface area contributed by atoms with Crippen molar-refractivity contribution in [3.63, 3.8) is 0 Å². The van der Waals surface area contributed by atoms with Gasteiger partial charge in [-0.2, -0.15) is 0 Å². The second-order valence-corrected chi connectivity index (χ2v) is 7.31. The van der Waals surface area contributed by atoms with Crippen molar-refractivity contribution in [2.45, 2.75) is 13.5 Å². The molecule has 130 valence electrons. The van der Waals surface area contributed by atoms with Crippen LogP contribution in [0.15, 0.2) is 42.5 Å². The Morgan fingerprint density at radius 2 is 1.81 bits per heavy atom. The molecule has 26 heavy (non-hydrogen) atoms. The molecule has 0 N–H and O–H groups in total. The van der Waals surface area contributed by atoms with E-state index in [4.69, 9.17) is 9.47 Å². The van der Waals surface area contributed by atoms with Crippen LogP contribution in [0.25, 0.3) is 32.2 Å². The summed E-state index contributed by atoms with van der Waals surface area (Å²) in [5.41, 5.74) is 3.51. The van der Waals surface area contributed by atoms with Gasteiger partial charge in [-0.1, -0.05) is 24.3 Å². The first-order valence-corrected chi connectivity index (χ1v) is 9.52. The van der Waals surface area contributed by atoms with Gasteiger partial charge in [0.25, 0.3) is 0 Å². The lowest BCUT2D eigenvalue weighted by Gasteiger charge is -2.16. The fourth-order valence-electron chi connectivity index (χ4n) is 3.78. The van der Waals surface area contributed by atoms with E-state index in [2.05, 4.69) is 54.0 Å². The summed E-state index contributed by atoms with van der Waals surface area (Å²) in [4.78, 5) is 13.0. The number of hydrogen-bond donors (Lipinski definition) is 0. The number of aryl methyl sites for hydroxylation is 1. The SMILES string of the molecule is CCn1c2ccccc2c2cc(-c3sc(C=O)c4c3OCCO4)ccc21. The van der Waals surface area contributed by atoms with Gasteiger partial charge in [-0.05, 0) is 30.7 Å². The predicted molar refractivity (Wildman–Crippen MR) is 105 cm³/mol. The highest BCUT2D eigenvalue weighted by Crippen LogP contribution is 2.49. The molecular formula is C21H17NO3S. The third-order valence-electron chi connectivity index (χ3n) is 4.88. The molecule has 5 heteroatoms. The zero-order valence-corrected chi connectivity index (χ0v) is 15.1. The van der Waals surface area contributed by atoms with E-state index in [9.17, 15) is 4.79 Å². The molecule has 0 saturated heterocycles. The topological polar surface area (TPSA) is 40.5 Å². The van der Waals surface area contributed by atoms with Crippen molar-refractivity contribution in [3.8, 4) is 21.9 Å². The Morgan fingerprint density at radius 3 is 2.62 bits per heavy atom. The lowest BCUT2D eigenvalue weighted by Crippen LogP contribution is -2.15. The molecule has 1 aliphatic rings. The second-order valence-electron chi connectivity index (χ2n) is 6.26. The lowest BCUT2D eigenvalue weighted by atomic mass is 10.1. The first kappa shape index (κ1) is 15.5. The minimum absolute atomic E-state index is 0.479. The number of nitrogens with zero attached hydrogens (tertiary/aromatic N) is 1. The number of thiophene rings is 1. The van der Waals surface area contributed by atoms with Crippen molar-refractivity contribution in [1.82, 2.24) is 4.57 Å². The van der Waals surface area contributed by atoms with Gasteiger partial charge in [-0.3, -0.25) is 4.79 Å². The van der Waals surface area contributed by atoms with Gasteiger partial charge in [-0.15, -0.1) is 11.3 Å². The first-order chi connectivity index (χ1) is 12.8. The molecule has 0 aliphatic carbocycles. The molecule has 0 unspecified atom stereocenters. The third-order valence-corrected chi connectivity index (χ3v) is 6.01. The number of carbonyl (C=O) groups is 1. The molecule has 0 fully saturated rings. The monoisotopic (exact) mass is 363 g/mol. The summed E-state index contributed by atoms with van der Waals surface area (Å²) in [7, 11) is 0. The first-order valence-electron chi connectivity index (χ1n) is 8.70. The molecule has 0 amide bonds. The van der Waals surface area contributed by atoms with E-state index in [-0.39, 0.29) is 0 Å². The maximum atomic E-state index is 11.4. The Hall–Kier alpha value is -2.79. The van der Waals surface area contributed by atoms with Gasteiger partial charge >= 0.3 is 0 Å². The van der Waals surface area contributed by atoms with Crippen molar-refractivity contribution in [3.05, 3.63) is 47.3 Å². The van der Waals surface area contributed by atoms with Crippen LogP contribution in [0.5, 0.6) is 11.5 Å².